The van der Waals surface area contributed by atoms with Crippen molar-refractivity contribution >= 4 is 17.8 Å². The number of aromatic hydroxyl groups is 1. The Bertz CT molecular complexity index is 885. The topological polar surface area (TPSA) is 64.9 Å². The standard InChI is InChI=1S/C22H27N3O2/c1-14-10-20-19(15(2)12-22(3,4)25(20)5)11-17(14)13-23-24-21(27)16-6-8-18(26)9-7-16/h6-11,13,15,26H,12H2,1-5H3,(H,24,27)/b23-13-/t15-/m0/s1. The van der Waals surface area contributed by atoms with Crippen LogP contribution in [0.4, 0.5) is 5.69 Å². The van der Waals surface area contributed by atoms with Crippen molar-refractivity contribution in [2.24, 2.45) is 5.10 Å². The van der Waals surface area contributed by atoms with Gasteiger partial charge in [-0.15, -0.1) is 0 Å². The molecular weight excluding hydrogens is 338 g/mol. The highest BCUT2D eigenvalue weighted by atomic mass is 16.3. The van der Waals surface area contributed by atoms with Crippen LogP contribution in [0.3, 0.4) is 0 Å². The zero-order chi connectivity index (χ0) is 19.8. The number of phenols is 1. The van der Waals surface area contributed by atoms with Crippen LogP contribution in [0, 0.1) is 6.92 Å². The van der Waals surface area contributed by atoms with E-state index in [1.807, 2.05) is 0 Å². The Morgan fingerprint density at radius 1 is 1.30 bits per heavy atom. The van der Waals surface area contributed by atoms with E-state index in [9.17, 15) is 9.90 Å². The van der Waals surface area contributed by atoms with Crippen molar-refractivity contribution in [2.45, 2.75) is 45.6 Å². The number of amides is 1. The molecule has 27 heavy (non-hydrogen) atoms. The first-order valence-electron chi connectivity index (χ1n) is 9.20. The van der Waals surface area contributed by atoms with Gasteiger partial charge in [-0.2, -0.15) is 5.10 Å². The number of anilines is 1. The van der Waals surface area contributed by atoms with Gasteiger partial charge in [-0.3, -0.25) is 4.79 Å². The molecule has 0 aromatic heterocycles. The smallest absolute Gasteiger partial charge is 0.271 e. The largest absolute Gasteiger partial charge is 0.508 e. The number of hydrazone groups is 1. The van der Waals surface area contributed by atoms with Gasteiger partial charge in [-0.1, -0.05) is 6.92 Å². The van der Waals surface area contributed by atoms with Crippen LogP contribution < -0.4 is 10.3 Å². The molecule has 0 unspecified atom stereocenters. The SMILES string of the molecule is Cc1cc2c(cc1/C=N\NC(=O)c1ccc(O)cc1)[C@@H](C)CC(C)(C)N2C. The predicted octanol–water partition coefficient (Wildman–Crippen LogP) is 4.19. The van der Waals surface area contributed by atoms with Gasteiger partial charge in [-0.05, 0) is 86.2 Å². The molecule has 0 fully saturated rings. The lowest BCUT2D eigenvalue weighted by Crippen LogP contribution is -2.45. The van der Waals surface area contributed by atoms with Crippen LogP contribution in [0.25, 0.3) is 0 Å². The summed E-state index contributed by atoms with van der Waals surface area (Å²) in [5.74, 6) is 0.282. The van der Waals surface area contributed by atoms with Crippen molar-refractivity contribution in [2.75, 3.05) is 11.9 Å². The lowest BCUT2D eigenvalue weighted by atomic mass is 9.79. The number of aryl methyl sites for hydroxylation is 1. The van der Waals surface area contributed by atoms with Crippen molar-refractivity contribution in [3.8, 4) is 5.75 Å². The zero-order valence-electron chi connectivity index (χ0n) is 16.6. The zero-order valence-corrected chi connectivity index (χ0v) is 16.6. The maximum Gasteiger partial charge on any atom is 0.271 e. The molecule has 0 radical (unpaired) electrons. The quantitative estimate of drug-likeness (QED) is 0.633. The summed E-state index contributed by atoms with van der Waals surface area (Å²) in [5.41, 5.74) is 7.82. The molecule has 2 aromatic carbocycles. The second-order valence-electron chi connectivity index (χ2n) is 7.99. The highest BCUT2D eigenvalue weighted by molar-refractivity contribution is 5.95. The molecule has 0 bridgehead atoms. The van der Waals surface area contributed by atoms with Crippen LogP contribution in [0.1, 0.15) is 60.2 Å². The van der Waals surface area contributed by atoms with Gasteiger partial charge in [0, 0.05) is 23.8 Å². The van der Waals surface area contributed by atoms with Gasteiger partial charge < -0.3 is 10.0 Å². The summed E-state index contributed by atoms with van der Waals surface area (Å²) in [6, 6.07) is 10.5. The monoisotopic (exact) mass is 365 g/mol. The molecule has 142 valence electrons. The van der Waals surface area contributed by atoms with Crippen molar-refractivity contribution < 1.29 is 9.90 Å². The fraction of sp³-hybridized carbons (Fsp3) is 0.364. The lowest BCUT2D eigenvalue weighted by Gasteiger charge is -2.45. The van der Waals surface area contributed by atoms with E-state index in [0.717, 1.165) is 17.5 Å². The van der Waals surface area contributed by atoms with Crippen molar-refractivity contribution in [3.63, 3.8) is 0 Å². The van der Waals surface area contributed by atoms with E-state index in [0.29, 0.717) is 11.5 Å². The van der Waals surface area contributed by atoms with Crippen LogP contribution in [0.5, 0.6) is 5.75 Å². The molecule has 1 aliphatic rings. The number of carbonyl (C=O) groups is 1. The van der Waals surface area contributed by atoms with Crippen LogP contribution in [-0.2, 0) is 0 Å². The predicted molar refractivity (Wildman–Crippen MR) is 110 cm³/mol. The third-order valence-corrected chi connectivity index (χ3v) is 5.52. The lowest BCUT2D eigenvalue weighted by molar-refractivity contribution is 0.0955. The molecule has 0 spiro atoms. The highest BCUT2D eigenvalue weighted by Gasteiger charge is 2.34. The Morgan fingerprint density at radius 2 is 1.96 bits per heavy atom. The van der Waals surface area contributed by atoms with Crippen LogP contribution in [-0.4, -0.2) is 29.8 Å². The second-order valence-corrected chi connectivity index (χ2v) is 7.99. The molecule has 0 saturated heterocycles. The first-order chi connectivity index (χ1) is 12.7. The number of hydrogen-bond acceptors (Lipinski definition) is 4. The van der Waals surface area contributed by atoms with E-state index >= 15 is 0 Å². The van der Waals surface area contributed by atoms with Gasteiger partial charge in [0.2, 0.25) is 0 Å². The van der Waals surface area contributed by atoms with Gasteiger partial charge in [0.15, 0.2) is 0 Å². The molecule has 2 aromatic rings. The molecular formula is C22H27N3O2. The number of rotatable bonds is 3. The van der Waals surface area contributed by atoms with Crippen LogP contribution >= 0.6 is 0 Å². The second kappa shape index (κ2) is 7.06. The molecule has 0 aliphatic carbocycles. The maximum absolute atomic E-state index is 12.1. The minimum atomic E-state index is -0.309. The number of hydrogen-bond donors (Lipinski definition) is 2. The Kier molecular flexibility index (Phi) is 4.96. The first-order valence-corrected chi connectivity index (χ1v) is 9.20. The molecule has 1 atom stereocenters. The minimum Gasteiger partial charge on any atom is -0.508 e. The maximum atomic E-state index is 12.1. The first kappa shape index (κ1) is 19.0. The summed E-state index contributed by atoms with van der Waals surface area (Å²) in [6.45, 7) is 8.87. The van der Waals surface area contributed by atoms with Crippen LogP contribution in [0.2, 0.25) is 0 Å². The number of carbonyl (C=O) groups excluding carboxylic acids is 1. The third kappa shape index (κ3) is 3.82. The molecule has 2 N–H and O–H groups in total. The summed E-state index contributed by atoms with van der Waals surface area (Å²) < 4.78 is 0. The van der Waals surface area contributed by atoms with Gasteiger partial charge in [-0.25, -0.2) is 5.43 Å². The van der Waals surface area contributed by atoms with E-state index in [1.165, 1.54) is 23.4 Å². The third-order valence-electron chi connectivity index (χ3n) is 5.52. The van der Waals surface area contributed by atoms with Gasteiger partial charge in [0.25, 0.3) is 5.91 Å². The van der Waals surface area contributed by atoms with E-state index in [4.69, 9.17) is 0 Å². The highest BCUT2D eigenvalue weighted by Crippen LogP contribution is 2.43. The Balaban J connectivity index is 1.80. The number of nitrogens with one attached hydrogen (secondary N) is 1. The number of phenolic OH excluding ortho intramolecular Hbond substituents is 1. The van der Waals surface area contributed by atoms with E-state index in [1.54, 1.807) is 18.3 Å². The van der Waals surface area contributed by atoms with Crippen molar-refractivity contribution in [1.29, 1.82) is 0 Å². The summed E-state index contributed by atoms with van der Waals surface area (Å²) >= 11 is 0. The summed E-state index contributed by atoms with van der Waals surface area (Å²) in [4.78, 5) is 14.5. The molecule has 0 saturated carbocycles. The molecule has 5 heteroatoms. The fourth-order valence-corrected chi connectivity index (χ4v) is 3.71. The van der Waals surface area contributed by atoms with Gasteiger partial charge in [0.1, 0.15) is 5.75 Å². The van der Waals surface area contributed by atoms with E-state index in [-0.39, 0.29) is 17.2 Å². The Labute approximate surface area is 160 Å². The van der Waals surface area contributed by atoms with Gasteiger partial charge in [0.05, 0.1) is 6.21 Å². The molecule has 5 nitrogen and oxygen atoms in total. The normalized spacial score (nSPS) is 18.4. The number of nitrogens with zero attached hydrogens (tertiary/aromatic N) is 2. The summed E-state index contributed by atoms with van der Waals surface area (Å²) in [5, 5.41) is 13.4. The van der Waals surface area contributed by atoms with E-state index < -0.39 is 0 Å². The van der Waals surface area contributed by atoms with Crippen LogP contribution in [0.15, 0.2) is 41.5 Å². The Morgan fingerprint density at radius 3 is 2.63 bits per heavy atom. The Hall–Kier alpha value is -2.82. The van der Waals surface area contributed by atoms with Crippen molar-refractivity contribution in [3.05, 3.63) is 58.7 Å². The fourth-order valence-electron chi connectivity index (χ4n) is 3.71. The molecule has 1 amide bonds. The minimum absolute atomic E-state index is 0.127. The molecule has 1 heterocycles. The molecule has 3 rings (SSSR count). The number of fused-ring (bicyclic) bond motifs is 1. The van der Waals surface area contributed by atoms with Crippen molar-refractivity contribution in [1.82, 2.24) is 5.43 Å². The summed E-state index contributed by atoms with van der Waals surface area (Å²) in [7, 11) is 2.15. The molecule has 1 aliphatic heterocycles. The van der Waals surface area contributed by atoms with E-state index in [2.05, 4.69) is 62.3 Å². The average molecular weight is 365 g/mol. The summed E-state index contributed by atoms with van der Waals surface area (Å²) in [6.07, 6.45) is 2.79. The number of benzene rings is 2. The van der Waals surface area contributed by atoms with Gasteiger partial charge >= 0.3 is 0 Å². The average Bonchev–Trinajstić information content (AvgIpc) is 2.61.